The Balaban J connectivity index is 1.18. The van der Waals surface area contributed by atoms with E-state index in [2.05, 4.69) is 58.8 Å². The van der Waals surface area contributed by atoms with Gasteiger partial charge in [-0.3, -0.25) is 0 Å². The Hall–Kier alpha value is -3.70. The lowest BCUT2D eigenvalue weighted by atomic mass is 10.2. The second kappa shape index (κ2) is 13.6. The smallest absolute Gasteiger partial charge is 0.251 e. The third kappa shape index (κ3) is 7.48. The highest BCUT2D eigenvalue weighted by atomic mass is 32.1. The molecule has 0 atom stereocenters. The second-order valence-electron chi connectivity index (χ2n) is 9.78. The largest absolute Gasteiger partial charge is 0.363 e. The molecule has 206 valence electrons. The molecule has 1 fully saturated rings. The monoisotopic (exact) mass is 571 g/mol. The van der Waals surface area contributed by atoms with E-state index in [-0.39, 0.29) is 0 Å². The molecule has 11 heteroatoms. The maximum absolute atomic E-state index is 4.46. The number of thiophene rings is 1. The maximum Gasteiger partial charge on any atom is 0.251 e. The van der Waals surface area contributed by atoms with Crippen molar-refractivity contribution >= 4 is 60.6 Å². The first-order chi connectivity index (χ1) is 19.6. The van der Waals surface area contributed by atoms with E-state index in [0.29, 0.717) is 5.13 Å². The Bertz CT molecular complexity index is 1510. The number of hydrogen-bond donors (Lipinski definition) is 0. The lowest BCUT2D eigenvalue weighted by Gasteiger charge is -2.13. The molecule has 0 spiro atoms. The van der Waals surface area contributed by atoms with Gasteiger partial charge in [-0.25, -0.2) is 0 Å². The van der Waals surface area contributed by atoms with Crippen molar-refractivity contribution in [2.75, 3.05) is 18.0 Å². The molecule has 0 saturated carbocycles. The van der Waals surface area contributed by atoms with Gasteiger partial charge < -0.3 is 4.90 Å². The van der Waals surface area contributed by atoms with Gasteiger partial charge in [0.05, 0.1) is 27.8 Å². The van der Waals surface area contributed by atoms with Crippen LogP contribution in [0.3, 0.4) is 0 Å². The normalized spacial score (nSPS) is 14.0. The van der Waals surface area contributed by atoms with Crippen LogP contribution in [0.1, 0.15) is 55.2 Å². The second-order valence-corrected chi connectivity index (χ2v) is 11.9. The Morgan fingerprint density at radius 2 is 1.40 bits per heavy atom. The molecule has 0 radical (unpaired) electrons. The summed E-state index contributed by atoms with van der Waals surface area (Å²) in [5.74, 6) is 0. The number of anilines is 1. The number of nitrogens with zero attached hydrogens (tertiary/aromatic N) is 9. The van der Waals surface area contributed by atoms with Crippen molar-refractivity contribution in [3.8, 4) is 0 Å². The van der Waals surface area contributed by atoms with Crippen LogP contribution < -0.4 is 4.90 Å². The molecule has 0 bridgehead atoms. The van der Waals surface area contributed by atoms with Gasteiger partial charge in [0.15, 0.2) is 0 Å². The molecule has 1 aliphatic heterocycles. The molecule has 1 saturated heterocycles. The first-order valence-corrected chi connectivity index (χ1v) is 15.3. The number of rotatable bonds is 11. The van der Waals surface area contributed by atoms with Crippen molar-refractivity contribution in [3.05, 3.63) is 64.7 Å². The van der Waals surface area contributed by atoms with Crippen molar-refractivity contribution in [1.82, 2.24) is 10.2 Å². The van der Waals surface area contributed by atoms with Crippen molar-refractivity contribution in [2.45, 2.75) is 59.3 Å². The zero-order chi connectivity index (χ0) is 27.7. The Kier molecular flexibility index (Phi) is 9.46. The highest BCUT2D eigenvalue weighted by Crippen LogP contribution is 2.35. The predicted octanol–water partition coefficient (Wildman–Crippen LogP) is 10.8. The van der Waals surface area contributed by atoms with Crippen LogP contribution in [-0.2, 0) is 6.42 Å². The fraction of sp³-hybridized carbons (Fsp3) is 0.379. The fourth-order valence-electron chi connectivity index (χ4n) is 4.33. The van der Waals surface area contributed by atoms with Crippen molar-refractivity contribution in [1.29, 1.82) is 0 Å². The zero-order valence-corrected chi connectivity index (χ0v) is 24.8. The minimum absolute atomic E-state index is 0.579. The Morgan fingerprint density at radius 1 is 0.725 bits per heavy atom. The van der Waals surface area contributed by atoms with E-state index in [1.165, 1.54) is 42.0 Å². The number of azo groups is 3. The van der Waals surface area contributed by atoms with E-state index in [9.17, 15) is 0 Å². The van der Waals surface area contributed by atoms with E-state index in [1.54, 1.807) is 11.3 Å². The molecule has 2 aromatic carbocycles. The minimum Gasteiger partial charge on any atom is -0.363 e. The Morgan fingerprint density at radius 3 is 2.08 bits per heavy atom. The molecule has 9 nitrogen and oxygen atoms in total. The summed E-state index contributed by atoms with van der Waals surface area (Å²) < 4.78 is 0. The van der Waals surface area contributed by atoms with E-state index >= 15 is 0 Å². The van der Waals surface area contributed by atoms with E-state index < -0.39 is 0 Å². The summed E-state index contributed by atoms with van der Waals surface area (Å²) in [5.41, 5.74) is 5.05. The van der Waals surface area contributed by atoms with Crippen LogP contribution in [0.5, 0.6) is 0 Å². The lowest BCUT2D eigenvalue weighted by molar-refractivity contribution is 0.710. The van der Waals surface area contributed by atoms with Gasteiger partial charge in [-0.15, -0.1) is 30.7 Å². The van der Waals surface area contributed by atoms with Gasteiger partial charge >= 0.3 is 0 Å². The molecule has 5 rings (SSSR count). The molecular weight excluding hydrogens is 539 g/mol. The average molecular weight is 572 g/mol. The molecule has 0 aliphatic carbocycles. The summed E-state index contributed by atoms with van der Waals surface area (Å²) in [5, 5.41) is 38.5. The highest BCUT2D eigenvalue weighted by Gasteiger charge is 2.14. The quantitative estimate of drug-likeness (QED) is 0.132. The first kappa shape index (κ1) is 27.9. The molecule has 0 amide bonds. The summed E-state index contributed by atoms with van der Waals surface area (Å²) in [4.78, 5) is 2.41. The van der Waals surface area contributed by atoms with E-state index in [1.807, 2.05) is 56.3 Å². The molecule has 0 unspecified atom stereocenters. The number of benzene rings is 2. The van der Waals surface area contributed by atoms with Gasteiger partial charge in [0, 0.05) is 19.5 Å². The molecule has 0 N–H and O–H groups in total. The molecule has 40 heavy (non-hydrogen) atoms. The van der Waals surface area contributed by atoms with E-state index in [0.717, 1.165) is 69.8 Å². The average Bonchev–Trinajstić information content (AvgIpc) is 3.73. The molecule has 3 heterocycles. The summed E-state index contributed by atoms with van der Waals surface area (Å²) in [6, 6.07) is 15.7. The van der Waals surface area contributed by atoms with Crippen molar-refractivity contribution in [3.63, 3.8) is 0 Å². The predicted molar refractivity (Wildman–Crippen MR) is 164 cm³/mol. The van der Waals surface area contributed by atoms with Crippen LogP contribution in [0.4, 0.5) is 37.9 Å². The Labute approximate surface area is 242 Å². The molecule has 2 aromatic heterocycles. The number of aryl methyl sites for hydroxylation is 3. The van der Waals surface area contributed by atoms with Crippen molar-refractivity contribution in [2.24, 2.45) is 30.7 Å². The third-order valence-corrected chi connectivity index (χ3v) is 8.48. The molecule has 4 aromatic rings. The van der Waals surface area contributed by atoms with Crippen LogP contribution in [0.15, 0.2) is 79.2 Å². The van der Waals surface area contributed by atoms with Gasteiger partial charge in [-0.1, -0.05) is 42.4 Å². The van der Waals surface area contributed by atoms with Gasteiger partial charge in [0.1, 0.15) is 10.0 Å². The van der Waals surface area contributed by atoms with Gasteiger partial charge in [0.25, 0.3) is 5.13 Å². The minimum atomic E-state index is 0.579. The standard InChI is InChI=1S/C29H33N9S2/c1-4-5-6-9-26-35-37-29(40-26)36-33-25-13-10-22(18-21(25)3)30-32-24-12-11-23(19-20(24)2)31-34-27-14-15-28(39-27)38-16-7-8-17-38/h10-15,18-19H,4-9,16-17H2,1-3H3. The summed E-state index contributed by atoms with van der Waals surface area (Å²) >= 11 is 3.18. The van der Waals surface area contributed by atoms with Crippen LogP contribution in [0, 0.1) is 13.8 Å². The first-order valence-electron chi connectivity index (χ1n) is 13.7. The van der Waals surface area contributed by atoms with Crippen molar-refractivity contribution < 1.29 is 0 Å². The highest BCUT2D eigenvalue weighted by molar-refractivity contribution is 7.19. The van der Waals surface area contributed by atoms with Crippen LogP contribution in [0.25, 0.3) is 0 Å². The SMILES string of the molecule is CCCCCc1nnc(N=Nc2ccc(N=Nc3ccc(N=Nc4ccc(N5CCCC5)s4)cc3C)cc2C)s1. The topological polar surface area (TPSA) is 103 Å². The van der Waals surface area contributed by atoms with Crippen LogP contribution in [-0.4, -0.2) is 23.3 Å². The summed E-state index contributed by atoms with van der Waals surface area (Å²) in [7, 11) is 0. The number of hydrogen-bond acceptors (Lipinski definition) is 11. The number of aromatic nitrogens is 2. The van der Waals surface area contributed by atoms with Crippen LogP contribution in [0.2, 0.25) is 0 Å². The fourth-order valence-corrected chi connectivity index (χ4v) is 5.92. The number of unbranched alkanes of at least 4 members (excludes halogenated alkanes) is 2. The molecular formula is C29H33N9S2. The lowest BCUT2D eigenvalue weighted by Crippen LogP contribution is -2.15. The summed E-state index contributed by atoms with van der Waals surface area (Å²) in [6.07, 6.45) is 6.99. The van der Waals surface area contributed by atoms with Crippen LogP contribution >= 0.6 is 22.7 Å². The third-order valence-electron chi connectivity index (χ3n) is 6.59. The zero-order valence-electron chi connectivity index (χ0n) is 23.1. The van der Waals surface area contributed by atoms with Gasteiger partial charge in [-0.05, 0) is 92.8 Å². The summed E-state index contributed by atoms with van der Waals surface area (Å²) in [6.45, 7) is 8.44. The molecule has 1 aliphatic rings. The maximum atomic E-state index is 4.46. The van der Waals surface area contributed by atoms with E-state index in [4.69, 9.17) is 0 Å². The van der Waals surface area contributed by atoms with Gasteiger partial charge in [-0.2, -0.15) is 10.2 Å². The van der Waals surface area contributed by atoms with Gasteiger partial charge in [0.2, 0.25) is 0 Å².